The molecule has 5 nitrogen and oxygen atoms in total. The van der Waals surface area contributed by atoms with Crippen LogP contribution in [0.3, 0.4) is 0 Å². The second-order valence-electron chi connectivity index (χ2n) is 4.90. The van der Waals surface area contributed by atoms with Crippen LogP contribution in [0.2, 0.25) is 0 Å². The molecule has 0 atom stereocenters. The summed E-state index contributed by atoms with van der Waals surface area (Å²) in [5.41, 5.74) is 0.517. The van der Waals surface area contributed by atoms with Crippen molar-refractivity contribution >= 4 is 33.3 Å². The number of aromatic hydroxyl groups is 1. The number of amides is 2. The van der Waals surface area contributed by atoms with Crippen molar-refractivity contribution in [2.45, 2.75) is 13.3 Å². The first kappa shape index (κ1) is 18.8. The van der Waals surface area contributed by atoms with Gasteiger partial charge in [0.2, 0.25) is 0 Å². The average Bonchev–Trinajstić information content (AvgIpc) is 2.45. The highest BCUT2D eigenvalue weighted by molar-refractivity contribution is 9.10. The van der Waals surface area contributed by atoms with Gasteiger partial charge in [-0.25, -0.2) is 9.18 Å². The first-order valence-corrected chi connectivity index (χ1v) is 7.47. The quantitative estimate of drug-likeness (QED) is 0.473. The fraction of sp³-hybridized carbons (Fsp3) is 0.133. The number of anilines is 2. The Morgan fingerprint density at radius 3 is 2.52 bits per heavy atom. The maximum Gasteiger partial charge on any atom is 0.573 e. The summed E-state index contributed by atoms with van der Waals surface area (Å²) in [7, 11) is 0. The van der Waals surface area contributed by atoms with Crippen molar-refractivity contribution < 1.29 is 32.2 Å². The Bertz CT molecular complexity index is 812. The van der Waals surface area contributed by atoms with Crippen LogP contribution in [0.15, 0.2) is 34.8 Å². The minimum absolute atomic E-state index is 0.0538. The largest absolute Gasteiger partial charge is 0.573 e. The van der Waals surface area contributed by atoms with E-state index in [1.54, 1.807) is 13.0 Å². The lowest BCUT2D eigenvalue weighted by molar-refractivity contribution is -0.274. The van der Waals surface area contributed by atoms with E-state index in [0.717, 1.165) is 17.7 Å². The van der Waals surface area contributed by atoms with Crippen molar-refractivity contribution in [1.82, 2.24) is 0 Å². The fourth-order valence-electron chi connectivity index (χ4n) is 1.88. The molecule has 2 amide bonds. The Hall–Kier alpha value is -2.49. The van der Waals surface area contributed by atoms with Crippen molar-refractivity contribution in [3.63, 3.8) is 0 Å². The van der Waals surface area contributed by atoms with Crippen molar-refractivity contribution in [3.8, 4) is 11.5 Å². The number of phenolic OH excluding ortho intramolecular Hbond substituents is 1. The van der Waals surface area contributed by atoms with Gasteiger partial charge in [-0.2, -0.15) is 0 Å². The molecule has 3 N–H and O–H groups in total. The smallest absolute Gasteiger partial charge is 0.505 e. The highest BCUT2D eigenvalue weighted by Gasteiger charge is 2.31. The van der Waals surface area contributed by atoms with E-state index in [9.17, 15) is 27.5 Å². The molecule has 2 rings (SSSR count). The van der Waals surface area contributed by atoms with E-state index in [-0.39, 0.29) is 17.1 Å². The molecule has 0 saturated carbocycles. The van der Waals surface area contributed by atoms with Gasteiger partial charge in [-0.1, -0.05) is 6.07 Å². The van der Waals surface area contributed by atoms with Crippen molar-refractivity contribution in [1.29, 1.82) is 0 Å². The van der Waals surface area contributed by atoms with Gasteiger partial charge in [0.1, 0.15) is 11.6 Å². The normalized spacial score (nSPS) is 11.1. The number of carbonyl (C=O) groups excluding carboxylic acids is 1. The highest BCUT2D eigenvalue weighted by atomic mass is 79.9. The number of urea groups is 1. The number of nitrogens with one attached hydrogen (secondary N) is 2. The third-order valence-electron chi connectivity index (χ3n) is 2.92. The molecule has 2 aromatic rings. The molecular formula is C15H11BrF4N2O3. The Kier molecular flexibility index (Phi) is 5.41. The molecule has 0 unspecified atom stereocenters. The van der Waals surface area contributed by atoms with Gasteiger partial charge in [0.25, 0.3) is 0 Å². The van der Waals surface area contributed by atoms with E-state index in [4.69, 9.17) is 0 Å². The first-order valence-electron chi connectivity index (χ1n) is 6.67. The first-order chi connectivity index (χ1) is 11.5. The lowest BCUT2D eigenvalue weighted by Crippen LogP contribution is -2.20. The molecule has 134 valence electrons. The van der Waals surface area contributed by atoms with E-state index in [0.29, 0.717) is 10.5 Å². The number of aryl methyl sites for hydroxylation is 1. The number of carbonyl (C=O) groups is 1. The summed E-state index contributed by atoms with van der Waals surface area (Å²) in [6.07, 6.45) is -4.99. The number of benzene rings is 2. The molecule has 0 aliphatic carbocycles. The molecule has 0 aliphatic heterocycles. The molecule has 10 heteroatoms. The molecule has 0 heterocycles. The number of halogens is 5. The Morgan fingerprint density at radius 2 is 1.88 bits per heavy atom. The van der Waals surface area contributed by atoms with Gasteiger partial charge in [0.05, 0.1) is 10.2 Å². The Morgan fingerprint density at radius 1 is 1.20 bits per heavy atom. The van der Waals surface area contributed by atoms with Gasteiger partial charge in [-0.3, -0.25) is 0 Å². The van der Waals surface area contributed by atoms with Crippen LogP contribution in [0.5, 0.6) is 11.5 Å². The summed E-state index contributed by atoms with van der Waals surface area (Å²) >= 11 is 3.14. The van der Waals surface area contributed by atoms with Gasteiger partial charge in [0, 0.05) is 17.8 Å². The van der Waals surface area contributed by atoms with Gasteiger partial charge in [-0.15, -0.1) is 13.2 Å². The minimum Gasteiger partial charge on any atom is -0.505 e. The summed E-state index contributed by atoms with van der Waals surface area (Å²) in [5, 5.41) is 14.4. The lowest BCUT2D eigenvalue weighted by Gasteiger charge is -2.13. The summed E-state index contributed by atoms with van der Waals surface area (Å²) < 4.78 is 53.9. The molecule has 0 fully saturated rings. The van der Waals surface area contributed by atoms with Crippen LogP contribution in [0, 0.1) is 12.7 Å². The number of hydrogen-bond acceptors (Lipinski definition) is 3. The molecule has 0 spiro atoms. The van der Waals surface area contributed by atoms with Crippen LogP contribution in [0.1, 0.15) is 5.56 Å². The predicted molar refractivity (Wildman–Crippen MR) is 86.3 cm³/mol. The minimum atomic E-state index is -4.99. The third kappa shape index (κ3) is 5.24. The van der Waals surface area contributed by atoms with E-state index in [1.165, 1.54) is 6.07 Å². The van der Waals surface area contributed by atoms with Crippen LogP contribution in [-0.4, -0.2) is 17.5 Å². The van der Waals surface area contributed by atoms with Crippen LogP contribution in [0.25, 0.3) is 0 Å². The monoisotopic (exact) mass is 422 g/mol. The number of rotatable bonds is 3. The number of alkyl halides is 3. The fourth-order valence-corrected chi connectivity index (χ4v) is 2.22. The van der Waals surface area contributed by atoms with Gasteiger partial charge in [-0.05, 0) is 40.5 Å². The standard InChI is InChI=1S/C15H11BrF4N2O3/c1-7-2-3-11(13(23)12(7)16)22-14(24)21-9-4-8(17)5-10(6-9)25-15(18,19)20/h2-6,23H,1H3,(H2,21,22,24). The molecule has 0 saturated heterocycles. The van der Waals surface area contributed by atoms with Crippen molar-refractivity contribution in [2.24, 2.45) is 0 Å². The molecule has 25 heavy (non-hydrogen) atoms. The average molecular weight is 423 g/mol. The van der Waals surface area contributed by atoms with Crippen molar-refractivity contribution in [2.75, 3.05) is 10.6 Å². The predicted octanol–water partition coefficient (Wildman–Crippen LogP) is 5.14. The Labute approximate surface area is 147 Å². The van der Waals surface area contributed by atoms with E-state index in [2.05, 4.69) is 31.3 Å². The zero-order valence-corrected chi connectivity index (χ0v) is 14.1. The van der Waals surface area contributed by atoms with Crippen molar-refractivity contribution in [3.05, 3.63) is 46.2 Å². The van der Waals surface area contributed by atoms with Crippen LogP contribution in [0.4, 0.5) is 33.7 Å². The third-order valence-corrected chi connectivity index (χ3v) is 3.92. The summed E-state index contributed by atoms with van der Waals surface area (Å²) in [6.45, 7) is 1.72. The summed E-state index contributed by atoms with van der Waals surface area (Å²) in [6, 6.07) is 4.30. The van der Waals surface area contributed by atoms with E-state index >= 15 is 0 Å². The molecule has 0 aliphatic rings. The molecule has 0 aromatic heterocycles. The van der Waals surface area contributed by atoms with Crippen LogP contribution in [-0.2, 0) is 0 Å². The molecule has 2 aromatic carbocycles. The van der Waals surface area contributed by atoms with Gasteiger partial charge in [0.15, 0.2) is 5.75 Å². The van der Waals surface area contributed by atoms with Gasteiger partial charge >= 0.3 is 12.4 Å². The van der Waals surface area contributed by atoms with Gasteiger partial charge < -0.3 is 20.5 Å². The zero-order chi connectivity index (χ0) is 18.8. The molecule has 0 radical (unpaired) electrons. The number of ether oxygens (including phenoxy) is 1. The molecular weight excluding hydrogens is 412 g/mol. The zero-order valence-electron chi connectivity index (χ0n) is 12.5. The summed E-state index contributed by atoms with van der Waals surface area (Å²) in [4.78, 5) is 11.9. The second kappa shape index (κ2) is 7.18. The number of phenols is 1. The number of hydrogen-bond donors (Lipinski definition) is 3. The maximum absolute atomic E-state index is 13.4. The summed E-state index contributed by atoms with van der Waals surface area (Å²) in [5.74, 6) is -2.07. The molecule has 0 bridgehead atoms. The van der Waals surface area contributed by atoms with Crippen LogP contribution >= 0.6 is 15.9 Å². The maximum atomic E-state index is 13.4. The van der Waals surface area contributed by atoms with Crippen LogP contribution < -0.4 is 15.4 Å². The highest BCUT2D eigenvalue weighted by Crippen LogP contribution is 2.34. The van der Waals surface area contributed by atoms with E-state index in [1.807, 2.05) is 0 Å². The topological polar surface area (TPSA) is 70.6 Å². The van der Waals surface area contributed by atoms with E-state index < -0.39 is 24.0 Å². The lowest BCUT2D eigenvalue weighted by atomic mass is 10.2. The Balaban J connectivity index is 2.14. The second-order valence-corrected chi connectivity index (χ2v) is 5.69. The SMILES string of the molecule is Cc1ccc(NC(=O)Nc2cc(F)cc(OC(F)(F)F)c2)c(O)c1Br.